The van der Waals surface area contributed by atoms with Crippen molar-refractivity contribution in [3.8, 4) is 11.6 Å². The first kappa shape index (κ1) is 11.1. The molecular weight excluding hydrogens is 224 g/mol. The molecule has 1 aliphatic rings. The van der Waals surface area contributed by atoms with Gasteiger partial charge < -0.3 is 10.5 Å². The molecule has 3 nitrogen and oxygen atoms in total. The highest BCUT2D eigenvalue weighted by molar-refractivity contribution is 5.55. The highest BCUT2D eigenvalue weighted by Crippen LogP contribution is 2.29. The Balaban J connectivity index is 1.90. The molecule has 0 spiro atoms. The van der Waals surface area contributed by atoms with E-state index in [1.165, 1.54) is 17.7 Å². The molecule has 1 heterocycles. The van der Waals surface area contributed by atoms with Crippen LogP contribution in [0.15, 0.2) is 30.3 Å². The van der Waals surface area contributed by atoms with Crippen LogP contribution in [0.5, 0.6) is 11.6 Å². The summed E-state index contributed by atoms with van der Waals surface area (Å²) in [6.07, 6.45) is 3.38. The minimum absolute atomic E-state index is 0.632. The van der Waals surface area contributed by atoms with Crippen molar-refractivity contribution < 1.29 is 4.74 Å². The Labute approximate surface area is 107 Å². The Morgan fingerprint density at radius 3 is 2.94 bits per heavy atom. The van der Waals surface area contributed by atoms with E-state index >= 15 is 0 Å². The Morgan fingerprint density at radius 2 is 2.06 bits per heavy atom. The van der Waals surface area contributed by atoms with Gasteiger partial charge in [0.15, 0.2) is 5.75 Å². The maximum atomic E-state index is 5.90. The Kier molecular flexibility index (Phi) is 2.67. The van der Waals surface area contributed by atoms with Crippen LogP contribution in [0.4, 0.5) is 5.69 Å². The summed E-state index contributed by atoms with van der Waals surface area (Å²) in [4.78, 5) is 4.54. The zero-order valence-electron chi connectivity index (χ0n) is 10.4. The van der Waals surface area contributed by atoms with Crippen LogP contribution in [0, 0.1) is 6.92 Å². The van der Waals surface area contributed by atoms with Crippen LogP contribution in [0.1, 0.15) is 23.2 Å². The normalized spacial score (nSPS) is 13.4. The standard InChI is InChI=1S/C15H16N2O/c1-10-5-7-12(16)14(9-10)18-15-8-6-11-3-2-4-13(11)17-15/h5-9H,2-4,16H2,1H3. The molecule has 1 aromatic heterocycles. The van der Waals surface area contributed by atoms with E-state index in [1.54, 1.807) is 0 Å². The molecule has 0 fully saturated rings. The number of anilines is 1. The fraction of sp³-hybridized carbons (Fsp3) is 0.267. The van der Waals surface area contributed by atoms with Crippen LogP contribution < -0.4 is 10.5 Å². The van der Waals surface area contributed by atoms with Crippen molar-refractivity contribution in [3.63, 3.8) is 0 Å². The fourth-order valence-electron chi connectivity index (χ4n) is 2.30. The molecule has 1 aromatic carbocycles. The number of benzene rings is 1. The molecule has 3 heteroatoms. The molecule has 0 saturated heterocycles. The molecule has 92 valence electrons. The molecule has 0 saturated carbocycles. The van der Waals surface area contributed by atoms with Crippen LogP contribution in [-0.4, -0.2) is 4.98 Å². The maximum Gasteiger partial charge on any atom is 0.219 e. The summed E-state index contributed by atoms with van der Waals surface area (Å²) >= 11 is 0. The molecule has 2 aromatic rings. The Morgan fingerprint density at radius 1 is 1.17 bits per heavy atom. The van der Waals surface area contributed by atoms with Gasteiger partial charge in [0.25, 0.3) is 0 Å². The summed E-state index contributed by atoms with van der Waals surface area (Å²) in [6.45, 7) is 2.02. The number of aryl methyl sites for hydroxylation is 3. The van der Waals surface area contributed by atoms with Crippen LogP contribution in [0.3, 0.4) is 0 Å². The number of rotatable bonds is 2. The lowest BCUT2D eigenvalue weighted by atomic mass is 10.2. The summed E-state index contributed by atoms with van der Waals surface area (Å²) in [6, 6.07) is 9.79. The van der Waals surface area contributed by atoms with Crippen molar-refractivity contribution in [2.75, 3.05) is 5.73 Å². The fourth-order valence-corrected chi connectivity index (χ4v) is 2.30. The van der Waals surface area contributed by atoms with Crippen LogP contribution >= 0.6 is 0 Å². The van der Waals surface area contributed by atoms with E-state index in [-0.39, 0.29) is 0 Å². The molecule has 1 aliphatic carbocycles. The molecule has 0 radical (unpaired) electrons. The quantitative estimate of drug-likeness (QED) is 0.820. The molecule has 0 atom stereocenters. The van der Waals surface area contributed by atoms with Crippen molar-refractivity contribution in [1.29, 1.82) is 0 Å². The van der Waals surface area contributed by atoms with Crippen molar-refractivity contribution in [1.82, 2.24) is 4.98 Å². The van der Waals surface area contributed by atoms with E-state index < -0.39 is 0 Å². The first-order chi connectivity index (χ1) is 8.72. The third-order valence-corrected chi connectivity index (χ3v) is 3.29. The van der Waals surface area contributed by atoms with Gasteiger partial charge in [-0.3, -0.25) is 0 Å². The first-order valence-electron chi connectivity index (χ1n) is 6.25. The lowest BCUT2D eigenvalue weighted by molar-refractivity contribution is 0.463. The van der Waals surface area contributed by atoms with Crippen molar-refractivity contribution in [2.45, 2.75) is 26.2 Å². The highest BCUT2D eigenvalue weighted by Gasteiger charge is 2.13. The van der Waals surface area contributed by atoms with Gasteiger partial charge in [0, 0.05) is 11.8 Å². The second-order valence-electron chi connectivity index (χ2n) is 4.75. The third kappa shape index (κ3) is 2.04. The molecule has 3 rings (SSSR count). The predicted octanol–water partition coefficient (Wildman–Crippen LogP) is 3.25. The average Bonchev–Trinajstić information content (AvgIpc) is 2.81. The Bertz CT molecular complexity index is 593. The number of nitrogens with two attached hydrogens (primary N) is 1. The number of pyridine rings is 1. The SMILES string of the molecule is Cc1ccc(N)c(Oc2ccc3c(n2)CCC3)c1. The minimum Gasteiger partial charge on any atom is -0.437 e. The van der Waals surface area contributed by atoms with Crippen LogP contribution in [0.25, 0.3) is 0 Å². The van der Waals surface area contributed by atoms with Crippen LogP contribution in [-0.2, 0) is 12.8 Å². The van der Waals surface area contributed by atoms with Gasteiger partial charge in [0.1, 0.15) is 0 Å². The van der Waals surface area contributed by atoms with E-state index in [4.69, 9.17) is 10.5 Å². The summed E-state index contributed by atoms with van der Waals surface area (Å²) in [5, 5.41) is 0. The third-order valence-electron chi connectivity index (χ3n) is 3.29. The second-order valence-corrected chi connectivity index (χ2v) is 4.75. The minimum atomic E-state index is 0.632. The molecule has 0 bridgehead atoms. The monoisotopic (exact) mass is 240 g/mol. The Hall–Kier alpha value is -2.03. The van der Waals surface area contributed by atoms with Gasteiger partial charge in [-0.25, -0.2) is 4.98 Å². The van der Waals surface area contributed by atoms with Gasteiger partial charge in [-0.05, 0) is 49.4 Å². The predicted molar refractivity (Wildman–Crippen MR) is 71.9 cm³/mol. The average molecular weight is 240 g/mol. The van der Waals surface area contributed by atoms with E-state index in [9.17, 15) is 0 Å². The number of ether oxygens (including phenoxy) is 1. The summed E-state index contributed by atoms with van der Waals surface area (Å²) < 4.78 is 5.78. The van der Waals surface area contributed by atoms with Crippen LogP contribution in [0.2, 0.25) is 0 Å². The van der Waals surface area contributed by atoms with Gasteiger partial charge in [0.2, 0.25) is 5.88 Å². The number of hydrogen-bond donors (Lipinski definition) is 1. The molecule has 2 N–H and O–H groups in total. The van der Waals surface area contributed by atoms with Gasteiger partial charge in [-0.1, -0.05) is 12.1 Å². The van der Waals surface area contributed by atoms with E-state index in [2.05, 4.69) is 11.1 Å². The van der Waals surface area contributed by atoms with Crippen molar-refractivity contribution >= 4 is 5.69 Å². The number of hydrogen-bond acceptors (Lipinski definition) is 3. The topological polar surface area (TPSA) is 48.1 Å². The number of fused-ring (bicyclic) bond motifs is 1. The maximum absolute atomic E-state index is 5.90. The molecule has 18 heavy (non-hydrogen) atoms. The zero-order valence-corrected chi connectivity index (χ0v) is 10.4. The summed E-state index contributed by atoms with van der Waals surface area (Å²) in [5.74, 6) is 1.31. The van der Waals surface area contributed by atoms with E-state index in [0.717, 1.165) is 18.4 Å². The van der Waals surface area contributed by atoms with Crippen molar-refractivity contribution in [2.24, 2.45) is 0 Å². The van der Waals surface area contributed by atoms with Gasteiger partial charge >= 0.3 is 0 Å². The number of nitrogen functional groups attached to an aromatic ring is 1. The molecule has 0 amide bonds. The summed E-state index contributed by atoms with van der Waals surface area (Å²) in [5.41, 5.74) is 10.2. The van der Waals surface area contributed by atoms with E-state index in [0.29, 0.717) is 17.3 Å². The second kappa shape index (κ2) is 4.33. The number of nitrogens with zero attached hydrogens (tertiary/aromatic N) is 1. The summed E-state index contributed by atoms with van der Waals surface area (Å²) in [7, 11) is 0. The molecular formula is C15H16N2O. The van der Waals surface area contributed by atoms with Crippen molar-refractivity contribution in [3.05, 3.63) is 47.2 Å². The lowest BCUT2D eigenvalue weighted by Crippen LogP contribution is -1.96. The zero-order chi connectivity index (χ0) is 12.5. The van der Waals surface area contributed by atoms with Gasteiger partial charge in [-0.2, -0.15) is 0 Å². The lowest BCUT2D eigenvalue weighted by Gasteiger charge is -2.09. The van der Waals surface area contributed by atoms with Gasteiger partial charge in [0.05, 0.1) is 5.69 Å². The molecule has 0 aliphatic heterocycles. The highest BCUT2D eigenvalue weighted by atomic mass is 16.5. The van der Waals surface area contributed by atoms with E-state index in [1.807, 2.05) is 31.2 Å². The largest absolute Gasteiger partial charge is 0.437 e. The number of aromatic nitrogens is 1. The first-order valence-corrected chi connectivity index (χ1v) is 6.25. The molecule has 0 unspecified atom stereocenters. The van der Waals surface area contributed by atoms with Gasteiger partial charge in [-0.15, -0.1) is 0 Å². The smallest absolute Gasteiger partial charge is 0.219 e.